The number of benzene rings is 2. The summed E-state index contributed by atoms with van der Waals surface area (Å²) in [6.45, 7) is 2.61. The van der Waals surface area contributed by atoms with E-state index >= 15 is 0 Å². The van der Waals surface area contributed by atoms with E-state index in [1.165, 1.54) is 10.5 Å². The maximum atomic E-state index is 8.69. The van der Waals surface area contributed by atoms with Crippen LogP contribution in [0.1, 0.15) is 11.1 Å². The first kappa shape index (κ1) is 15.5. The second-order valence-electron chi connectivity index (χ2n) is 4.50. The second-order valence-corrected chi connectivity index (χ2v) is 5.67. The van der Waals surface area contributed by atoms with Crippen molar-refractivity contribution in [3.05, 3.63) is 59.7 Å². The quantitative estimate of drug-likeness (QED) is 0.520. The zero-order valence-electron chi connectivity index (χ0n) is 12.0. The number of hydrogen-bond donors (Lipinski definition) is 1. The van der Waals surface area contributed by atoms with Crippen LogP contribution < -0.4 is 4.74 Å². The molecule has 2 aromatic rings. The van der Waals surface area contributed by atoms with Gasteiger partial charge in [-0.15, -0.1) is 11.8 Å². The fourth-order valence-electron chi connectivity index (χ4n) is 1.76. The van der Waals surface area contributed by atoms with Crippen molar-refractivity contribution in [3.8, 4) is 17.6 Å². The van der Waals surface area contributed by atoms with Crippen molar-refractivity contribution in [1.29, 1.82) is 0 Å². The molecule has 2 nitrogen and oxygen atoms in total. The molecule has 0 aliphatic carbocycles. The molecule has 0 atom stereocenters. The first-order chi connectivity index (χ1) is 10.3. The number of rotatable bonds is 5. The molecule has 0 saturated carbocycles. The Bertz CT molecular complexity index is 624. The molecule has 21 heavy (non-hydrogen) atoms. The third kappa shape index (κ3) is 5.55. The summed E-state index contributed by atoms with van der Waals surface area (Å²) >= 11 is 1.78. The average Bonchev–Trinajstić information content (AvgIpc) is 2.52. The minimum Gasteiger partial charge on any atom is -0.493 e. The van der Waals surface area contributed by atoms with Crippen molar-refractivity contribution < 1.29 is 9.84 Å². The van der Waals surface area contributed by atoms with E-state index in [1.807, 2.05) is 24.3 Å². The maximum Gasteiger partial charge on any atom is 0.120 e. The van der Waals surface area contributed by atoms with Crippen LogP contribution in [0.15, 0.2) is 53.4 Å². The molecule has 3 heteroatoms. The minimum absolute atomic E-state index is 0.127. The van der Waals surface area contributed by atoms with Gasteiger partial charge in [0, 0.05) is 16.2 Å². The molecule has 0 amide bonds. The smallest absolute Gasteiger partial charge is 0.120 e. The lowest BCUT2D eigenvalue weighted by atomic mass is 10.2. The molecule has 2 rings (SSSR count). The van der Waals surface area contributed by atoms with Crippen molar-refractivity contribution in [1.82, 2.24) is 0 Å². The Kier molecular flexibility index (Phi) is 6.21. The van der Waals surface area contributed by atoms with Gasteiger partial charge in [0.2, 0.25) is 0 Å². The van der Waals surface area contributed by atoms with Crippen molar-refractivity contribution in [2.75, 3.05) is 19.0 Å². The Morgan fingerprint density at radius 2 is 1.95 bits per heavy atom. The summed E-state index contributed by atoms with van der Waals surface area (Å²) in [5.74, 6) is 7.21. The van der Waals surface area contributed by atoms with E-state index in [0.29, 0.717) is 6.61 Å². The Balaban J connectivity index is 1.79. The highest BCUT2D eigenvalue weighted by Crippen LogP contribution is 2.19. The van der Waals surface area contributed by atoms with E-state index in [0.717, 1.165) is 17.1 Å². The van der Waals surface area contributed by atoms with Gasteiger partial charge in [-0.25, -0.2) is 0 Å². The Labute approximate surface area is 130 Å². The van der Waals surface area contributed by atoms with Crippen LogP contribution in [0.5, 0.6) is 5.75 Å². The van der Waals surface area contributed by atoms with Gasteiger partial charge in [-0.1, -0.05) is 35.6 Å². The summed E-state index contributed by atoms with van der Waals surface area (Å²) in [7, 11) is 0. The molecule has 0 aliphatic rings. The molecular formula is C18H18O2S. The fourth-order valence-corrected chi connectivity index (χ4v) is 2.49. The molecule has 1 N–H and O–H groups in total. The van der Waals surface area contributed by atoms with E-state index in [9.17, 15) is 0 Å². The van der Waals surface area contributed by atoms with Crippen LogP contribution in [0.4, 0.5) is 0 Å². The van der Waals surface area contributed by atoms with Gasteiger partial charge in [0.1, 0.15) is 12.4 Å². The lowest BCUT2D eigenvalue weighted by Gasteiger charge is -2.06. The van der Waals surface area contributed by atoms with Crippen LogP contribution in [0.3, 0.4) is 0 Å². The average molecular weight is 298 g/mol. The number of aliphatic hydroxyl groups excluding tert-OH is 1. The molecule has 0 unspecified atom stereocenters. The largest absolute Gasteiger partial charge is 0.493 e. The van der Waals surface area contributed by atoms with Gasteiger partial charge >= 0.3 is 0 Å². The number of ether oxygens (including phenoxy) is 1. The topological polar surface area (TPSA) is 29.5 Å². The standard InChI is InChI=1S/C18H18O2S/c1-15-7-9-18(10-8-15)21-13-12-20-17-6-2-4-16(14-17)5-3-11-19/h2,4,6-10,14,19H,11-13H2,1H3. The normalized spacial score (nSPS) is 9.81. The van der Waals surface area contributed by atoms with Crippen molar-refractivity contribution in [2.45, 2.75) is 11.8 Å². The van der Waals surface area contributed by atoms with Crippen LogP contribution in [-0.2, 0) is 0 Å². The Morgan fingerprint density at radius 3 is 2.71 bits per heavy atom. The summed E-state index contributed by atoms with van der Waals surface area (Å²) in [5.41, 5.74) is 2.13. The maximum absolute atomic E-state index is 8.69. The van der Waals surface area contributed by atoms with Crippen LogP contribution in [-0.4, -0.2) is 24.1 Å². The zero-order chi connectivity index (χ0) is 14.9. The van der Waals surface area contributed by atoms with Crippen molar-refractivity contribution in [3.63, 3.8) is 0 Å². The summed E-state index contributed by atoms with van der Waals surface area (Å²) in [4.78, 5) is 1.26. The molecule has 0 spiro atoms. The van der Waals surface area contributed by atoms with Crippen LogP contribution >= 0.6 is 11.8 Å². The van der Waals surface area contributed by atoms with E-state index < -0.39 is 0 Å². The van der Waals surface area contributed by atoms with Crippen LogP contribution in [0.25, 0.3) is 0 Å². The molecule has 0 aromatic heterocycles. The molecule has 0 bridgehead atoms. The number of aryl methyl sites for hydroxylation is 1. The van der Waals surface area contributed by atoms with E-state index in [2.05, 4.69) is 43.0 Å². The molecule has 108 valence electrons. The molecule has 2 aromatic carbocycles. The number of hydrogen-bond acceptors (Lipinski definition) is 3. The van der Waals surface area contributed by atoms with Gasteiger partial charge in [0.25, 0.3) is 0 Å². The first-order valence-electron chi connectivity index (χ1n) is 6.80. The van der Waals surface area contributed by atoms with E-state index in [4.69, 9.17) is 9.84 Å². The van der Waals surface area contributed by atoms with Crippen LogP contribution in [0.2, 0.25) is 0 Å². The predicted octanol–water partition coefficient (Wildman–Crippen LogP) is 3.51. The Hall–Kier alpha value is -1.89. The van der Waals surface area contributed by atoms with Gasteiger partial charge in [-0.05, 0) is 37.3 Å². The third-order valence-corrected chi connectivity index (χ3v) is 3.76. The van der Waals surface area contributed by atoms with Crippen molar-refractivity contribution in [2.24, 2.45) is 0 Å². The summed E-state index contributed by atoms with van der Waals surface area (Å²) in [6.07, 6.45) is 0. The van der Waals surface area contributed by atoms with Gasteiger partial charge in [-0.3, -0.25) is 0 Å². The fraction of sp³-hybridized carbons (Fsp3) is 0.222. The minimum atomic E-state index is -0.127. The highest BCUT2D eigenvalue weighted by molar-refractivity contribution is 7.99. The second kappa shape index (κ2) is 8.41. The van der Waals surface area contributed by atoms with E-state index in [1.54, 1.807) is 11.8 Å². The molecule has 0 saturated heterocycles. The summed E-state index contributed by atoms with van der Waals surface area (Å²) < 4.78 is 5.72. The monoisotopic (exact) mass is 298 g/mol. The van der Waals surface area contributed by atoms with Gasteiger partial charge in [-0.2, -0.15) is 0 Å². The molecule has 0 fully saturated rings. The first-order valence-corrected chi connectivity index (χ1v) is 7.78. The Morgan fingerprint density at radius 1 is 1.14 bits per heavy atom. The predicted molar refractivity (Wildman–Crippen MR) is 87.8 cm³/mol. The van der Waals surface area contributed by atoms with Gasteiger partial charge in [0.15, 0.2) is 0 Å². The summed E-state index contributed by atoms with van der Waals surface area (Å²) in [6, 6.07) is 16.1. The van der Waals surface area contributed by atoms with Gasteiger partial charge < -0.3 is 9.84 Å². The van der Waals surface area contributed by atoms with Gasteiger partial charge in [0.05, 0.1) is 6.61 Å². The SMILES string of the molecule is Cc1ccc(SCCOc2cccc(C#CCO)c2)cc1. The number of thioether (sulfide) groups is 1. The van der Waals surface area contributed by atoms with Crippen molar-refractivity contribution >= 4 is 11.8 Å². The lowest BCUT2D eigenvalue weighted by molar-refractivity contribution is 0.344. The highest BCUT2D eigenvalue weighted by atomic mass is 32.2. The number of aliphatic hydroxyl groups is 1. The zero-order valence-corrected chi connectivity index (χ0v) is 12.8. The molecule has 0 radical (unpaired) electrons. The molecule has 0 heterocycles. The molecule has 0 aliphatic heterocycles. The summed E-state index contributed by atoms with van der Waals surface area (Å²) in [5, 5.41) is 8.69. The van der Waals surface area contributed by atoms with Crippen LogP contribution in [0, 0.1) is 18.8 Å². The van der Waals surface area contributed by atoms with E-state index in [-0.39, 0.29) is 6.61 Å². The third-order valence-electron chi connectivity index (χ3n) is 2.79. The highest BCUT2D eigenvalue weighted by Gasteiger charge is 1.97. The lowest BCUT2D eigenvalue weighted by Crippen LogP contribution is -2.00. The molecular weight excluding hydrogens is 280 g/mol.